The van der Waals surface area contributed by atoms with Crippen LogP contribution in [0.3, 0.4) is 0 Å². The van der Waals surface area contributed by atoms with Crippen molar-refractivity contribution < 1.29 is 14.6 Å². The topological polar surface area (TPSA) is 58.6 Å². The Morgan fingerprint density at radius 2 is 1.88 bits per heavy atom. The molecule has 0 aliphatic rings. The van der Waals surface area contributed by atoms with E-state index in [0.29, 0.717) is 6.54 Å². The average molecular weight is 237 g/mol. The van der Waals surface area contributed by atoms with Crippen molar-refractivity contribution in [1.29, 1.82) is 0 Å². The molecule has 0 saturated carbocycles. The molecule has 0 aliphatic heterocycles. The van der Waals surface area contributed by atoms with Gasteiger partial charge < -0.3 is 15.2 Å². The first-order valence-corrected chi connectivity index (χ1v) is 5.69. The molecule has 0 aliphatic carbocycles. The molecule has 0 spiro atoms. The standard InChI is InChI=1S/C13H19NO3/c1-10(2)17-9-13(16)14-7-11-3-5-12(8-15)6-4-11/h3-6,10,15H,7-9H2,1-2H3,(H,14,16). The van der Waals surface area contributed by atoms with E-state index in [4.69, 9.17) is 9.84 Å². The van der Waals surface area contributed by atoms with E-state index >= 15 is 0 Å². The first kappa shape index (κ1) is 13.7. The van der Waals surface area contributed by atoms with Crippen molar-refractivity contribution >= 4 is 5.91 Å². The summed E-state index contributed by atoms with van der Waals surface area (Å²) < 4.78 is 5.18. The maximum Gasteiger partial charge on any atom is 0.246 e. The normalized spacial score (nSPS) is 10.6. The van der Waals surface area contributed by atoms with E-state index in [2.05, 4.69) is 5.32 Å². The molecule has 94 valence electrons. The summed E-state index contributed by atoms with van der Waals surface area (Å²) in [7, 11) is 0. The zero-order valence-corrected chi connectivity index (χ0v) is 10.3. The monoisotopic (exact) mass is 237 g/mol. The minimum atomic E-state index is -0.120. The van der Waals surface area contributed by atoms with Crippen LogP contribution in [0.2, 0.25) is 0 Å². The van der Waals surface area contributed by atoms with Gasteiger partial charge in [-0.05, 0) is 25.0 Å². The molecule has 0 bridgehead atoms. The van der Waals surface area contributed by atoms with Gasteiger partial charge in [-0.1, -0.05) is 24.3 Å². The molecule has 0 atom stereocenters. The molecule has 1 rings (SSSR count). The largest absolute Gasteiger partial charge is 0.392 e. The van der Waals surface area contributed by atoms with Crippen molar-refractivity contribution in [3.63, 3.8) is 0 Å². The molecule has 4 heteroatoms. The van der Waals surface area contributed by atoms with Gasteiger partial charge in [0.1, 0.15) is 6.61 Å². The third kappa shape index (κ3) is 5.47. The van der Waals surface area contributed by atoms with Gasteiger partial charge in [0.25, 0.3) is 0 Å². The van der Waals surface area contributed by atoms with Gasteiger partial charge in [-0.15, -0.1) is 0 Å². The maximum atomic E-state index is 11.4. The molecule has 1 aromatic rings. The Kier molecular flexibility index (Phi) is 5.66. The molecule has 0 heterocycles. The highest BCUT2D eigenvalue weighted by Crippen LogP contribution is 2.03. The predicted octanol–water partition coefficient (Wildman–Crippen LogP) is 1.22. The minimum absolute atomic E-state index is 0.0366. The predicted molar refractivity (Wildman–Crippen MR) is 65.3 cm³/mol. The number of carbonyl (C=O) groups excluding carboxylic acids is 1. The summed E-state index contributed by atoms with van der Waals surface area (Å²) in [5, 5.41) is 11.6. The number of rotatable bonds is 6. The van der Waals surface area contributed by atoms with Crippen molar-refractivity contribution in [2.24, 2.45) is 0 Å². The highest BCUT2D eigenvalue weighted by Gasteiger charge is 2.02. The fraction of sp³-hybridized carbons (Fsp3) is 0.462. The molecule has 17 heavy (non-hydrogen) atoms. The summed E-state index contributed by atoms with van der Waals surface area (Å²) in [6, 6.07) is 7.45. The van der Waals surface area contributed by atoms with Crippen molar-refractivity contribution in [1.82, 2.24) is 5.32 Å². The molecular weight excluding hydrogens is 218 g/mol. The van der Waals surface area contributed by atoms with Gasteiger partial charge >= 0.3 is 0 Å². The molecule has 1 amide bonds. The number of carbonyl (C=O) groups is 1. The molecule has 2 N–H and O–H groups in total. The van der Waals surface area contributed by atoms with E-state index < -0.39 is 0 Å². The van der Waals surface area contributed by atoms with Crippen LogP contribution in [0.5, 0.6) is 0 Å². The van der Waals surface area contributed by atoms with Gasteiger partial charge in [-0.3, -0.25) is 4.79 Å². The summed E-state index contributed by atoms with van der Waals surface area (Å²) in [5.74, 6) is -0.120. The number of amides is 1. The molecule has 0 radical (unpaired) electrons. The van der Waals surface area contributed by atoms with E-state index in [-0.39, 0.29) is 25.2 Å². The van der Waals surface area contributed by atoms with Crippen LogP contribution in [-0.2, 0) is 22.7 Å². The second-order valence-electron chi connectivity index (χ2n) is 4.11. The van der Waals surface area contributed by atoms with Crippen LogP contribution in [0.1, 0.15) is 25.0 Å². The van der Waals surface area contributed by atoms with Crippen molar-refractivity contribution in [2.75, 3.05) is 6.61 Å². The van der Waals surface area contributed by atoms with Crippen LogP contribution in [0.15, 0.2) is 24.3 Å². The Labute approximate surface area is 102 Å². The Hall–Kier alpha value is -1.39. The number of ether oxygens (including phenoxy) is 1. The Balaban J connectivity index is 2.31. The first-order valence-electron chi connectivity index (χ1n) is 5.69. The minimum Gasteiger partial charge on any atom is -0.392 e. The third-order valence-electron chi connectivity index (χ3n) is 2.24. The quantitative estimate of drug-likeness (QED) is 0.782. The van der Waals surface area contributed by atoms with Crippen LogP contribution < -0.4 is 5.32 Å². The molecular formula is C13H19NO3. The highest BCUT2D eigenvalue weighted by atomic mass is 16.5. The summed E-state index contributed by atoms with van der Waals surface area (Å²) >= 11 is 0. The van der Waals surface area contributed by atoms with E-state index in [9.17, 15) is 4.79 Å². The highest BCUT2D eigenvalue weighted by molar-refractivity contribution is 5.77. The maximum absolute atomic E-state index is 11.4. The Bertz CT molecular complexity index is 346. The van der Waals surface area contributed by atoms with Gasteiger partial charge in [0, 0.05) is 6.54 Å². The van der Waals surface area contributed by atoms with Crippen LogP contribution in [0.25, 0.3) is 0 Å². The lowest BCUT2D eigenvalue weighted by atomic mass is 10.1. The SMILES string of the molecule is CC(C)OCC(=O)NCc1ccc(CO)cc1. The number of hydrogen-bond acceptors (Lipinski definition) is 3. The van der Waals surface area contributed by atoms with E-state index in [1.165, 1.54) is 0 Å². The number of hydrogen-bond donors (Lipinski definition) is 2. The van der Waals surface area contributed by atoms with Crippen LogP contribution in [-0.4, -0.2) is 23.7 Å². The summed E-state index contributed by atoms with van der Waals surface area (Å²) in [6.07, 6.45) is 0.0598. The second-order valence-corrected chi connectivity index (χ2v) is 4.11. The van der Waals surface area contributed by atoms with Crippen LogP contribution >= 0.6 is 0 Å². The molecule has 0 fully saturated rings. The summed E-state index contributed by atoms with van der Waals surface area (Å²) in [4.78, 5) is 11.4. The number of aliphatic hydroxyl groups is 1. The smallest absolute Gasteiger partial charge is 0.246 e. The fourth-order valence-corrected chi connectivity index (χ4v) is 1.26. The van der Waals surface area contributed by atoms with Crippen LogP contribution in [0, 0.1) is 0 Å². The van der Waals surface area contributed by atoms with E-state index in [0.717, 1.165) is 11.1 Å². The number of benzene rings is 1. The van der Waals surface area contributed by atoms with Crippen molar-refractivity contribution in [2.45, 2.75) is 33.1 Å². The molecule has 0 unspecified atom stereocenters. The average Bonchev–Trinajstić information content (AvgIpc) is 2.34. The third-order valence-corrected chi connectivity index (χ3v) is 2.24. The van der Waals surface area contributed by atoms with Crippen molar-refractivity contribution in [3.8, 4) is 0 Å². The summed E-state index contributed by atoms with van der Waals surface area (Å²) in [5.41, 5.74) is 1.86. The molecule has 4 nitrogen and oxygen atoms in total. The molecule has 1 aromatic carbocycles. The van der Waals surface area contributed by atoms with E-state index in [1.54, 1.807) is 0 Å². The summed E-state index contributed by atoms with van der Waals surface area (Å²) in [6.45, 7) is 4.38. The molecule has 0 saturated heterocycles. The zero-order valence-electron chi connectivity index (χ0n) is 10.3. The number of nitrogens with one attached hydrogen (secondary N) is 1. The van der Waals surface area contributed by atoms with Gasteiger partial charge in [0.2, 0.25) is 5.91 Å². The first-order chi connectivity index (χ1) is 8.11. The van der Waals surface area contributed by atoms with Crippen LogP contribution in [0.4, 0.5) is 0 Å². The van der Waals surface area contributed by atoms with Gasteiger partial charge in [0.15, 0.2) is 0 Å². The Morgan fingerprint density at radius 3 is 2.41 bits per heavy atom. The van der Waals surface area contributed by atoms with Crippen molar-refractivity contribution in [3.05, 3.63) is 35.4 Å². The lowest BCUT2D eigenvalue weighted by molar-refractivity contribution is -0.127. The van der Waals surface area contributed by atoms with Gasteiger partial charge in [-0.25, -0.2) is 0 Å². The molecule has 0 aromatic heterocycles. The van der Waals surface area contributed by atoms with Gasteiger partial charge in [0.05, 0.1) is 12.7 Å². The second kappa shape index (κ2) is 7.04. The lowest BCUT2D eigenvalue weighted by Crippen LogP contribution is -2.28. The van der Waals surface area contributed by atoms with E-state index in [1.807, 2.05) is 38.1 Å². The fourth-order valence-electron chi connectivity index (χ4n) is 1.26. The number of aliphatic hydroxyl groups excluding tert-OH is 1. The van der Waals surface area contributed by atoms with Gasteiger partial charge in [-0.2, -0.15) is 0 Å². The Morgan fingerprint density at radius 1 is 1.29 bits per heavy atom. The lowest BCUT2D eigenvalue weighted by Gasteiger charge is -2.08. The zero-order chi connectivity index (χ0) is 12.7.